The third kappa shape index (κ3) is 3.85. The van der Waals surface area contributed by atoms with Crippen molar-refractivity contribution in [3.63, 3.8) is 0 Å². The maximum Gasteiger partial charge on any atom is 0.293 e. The van der Waals surface area contributed by atoms with Gasteiger partial charge in [0.05, 0.1) is 28.5 Å². The van der Waals surface area contributed by atoms with Gasteiger partial charge in [-0.2, -0.15) is 0 Å². The number of benzene rings is 1. The Morgan fingerprint density at radius 1 is 1.25 bits per heavy atom. The minimum absolute atomic E-state index is 0.0520. The number of furan rings is 1. The Morgan fingerprint density at radius 3 is 2.64 bits per heavy atom. The Bertz CT molecular complexity index is 994. The van der Waals surface area contributed by atoms with E-state index in [4.69, 9.17) is 9.15 Å². The first-order chi connectivity index (χ1) is 13.3. The summed E-state index contributed by atoms with van der Waals surface area (Å²) in [6, 6.07) is 6.43. The van der Waals surface area contributed by atoms with Crippen molar-refractivity contribution in [2.24, 2.45) is 0 Å². The molecule has 1 aromatic heterocycles. The number of carbonyl (C=O) groups is 2. The first kappa shape index (κ1) is 19.8. The van der Waals surface area contributed by atoms with Crippen molar-refractivity contribution in [1.29, 1.82) is 0 Å². The summed E-state index contributed by atoms with van der Waals surface area (Å²) < 4.78 is 10.6. The summed E-state index contributed by atoms with van der Waals surface area (Å²) >= 11 is 0.819. The Kier molecular flexibility index (Phi) is 5.66. The maximum absolute atomic E-state index is 12.4. The monoisotopic (exact) mass is 402 g/mol. The molecule has 2 heterocycles. The molecular formula is C19H18N2O6S. The average molecular weight is 402 g/mol. The number of hydrogen-bond donors (Lipinski definition) is 0. The smallest absolute Gasteiger partial charge is 0.293 e. The highest BCUT2D eigenvalue weighted by Crippen LogP contribution is 2.36. The van der Waals surface area contributed by atoms with Crippen LogP contribution < -0.4 is 0 Å². The topological polar surface area (TPSA) is 103 Å². The van der Waals surface area contributed by atoms with Crippen molar-refractivity contribution in [1.82, 2.24) is 4.90 Å². The zero-order chi connectivity index (χ0) is 20.4. The third-order valence-corrected chi connectivity index (χ3v) is 5.27. The number of amides is 2. The number of thioether (sulfide) groups is 1. The van der Waals surface area contributed by atoms with Crippen LogP contribution in [0.4, 0.5) is 10.5 Å². The zero-order valence-corrected chi connectivity index (χ0v) is 16.4. The summed E-state index contributed by atoms with van der Waals surface area (Å²) in [6.07, 6.45) is 1.47. The summed E-state index contributed by atoms with van der Waals surface area (Å²) in [5.41, 5.74) is 2.02. The summed E-state index contributed by atoms with van der Waals surface area (Å²) in [7, 11) is 1.49. The molecule has 3 rings (SSSR count). The van der Waals surface area contributed by atoms with E-state index >= 15 is 0 Å². The van der Waals surface area contributed by atoms with Crippen molar-refractivity contribution in [3.05, 3.63) is 56.2 Å². The highest BCUT2D eigenvalue weighted by Gasteiger charge is 2.35. The van der Waals surface area contributed by atoms with Gasteiger partial charge in [-0.25, -0.2) is 0 Å². The molecule has 1 saturated heterocycles. The minimum Gasteiger partial charge on any atom is -0.456 e. The lowest BCUT2D eigenvalue weighted by Crippen LogP contribution is -2.31. The molecule has 1 aliphatic rings. The predicted octanol–water partition coefficient (Wildman–Crippen LogP) is 4.15. The second-order valence-corrected chi connectivity index (χ2v) is 7.23. The van der Waals surface area contributed by atoms with E-state index in [1.807, 2.05) is 6.92 Å². The number of hydrogen-bond acceptors (Lipinski definition) is 7. The van der Waals surface area contributed by atoms with Gasteiger partial charge >= 0.3 is 0 Å². The number of imide groups is 1. The van der Waals surface area contributed by atoms with Gasteiger partial charge in [0.1, 0.15) is 11.5 Å². The average Bonchev–Trinajstić information content (AvgIpc) is 3.21. The molecule has 8 nitrogen and oxygen atoms in total. The van der Waals surface area contributed by atoms with Crippen LogP contribution in [0.1, 0.15) is 16.9 Å². The standard InChI is InChI=1S/C19H18N2O6S/c1-11-8-14(15(21(24)25)9-12(11)2)16-5-4-13(27-16)10-17-18(22)20(6-7-26-3)19(23)28-17/h4-5,8-10H,6-7H2,1-3H3/b17-10-. The van der Waals surface area contributed by atoms with Crippen molar-refractivity contribution >= 4 is 34.7 Å². The number of nitrogens with zero attached hydrogens (tertiary/aromatic N) is 2. The molecule has 2 aromatic rings. The number of rotatable bonds is 6. The lowest BCUT2D eigenvalue weighted by molar-refractivity contribution is -0.384. The quantitative estimate of drug-likeness (QED) is 0.406. The SMILES string of the molecule is COCCN1C(=O)S/C(=C\c2ccc(-c3cc(C)c(C)cc3[N+](=O)[O-])o2)C1=O. The summed E-state index contributed by atoms with van der Waals surface area (Å²) in [5.74, 6) is 0.238. The Labute approximate surface area is 165 Å². The van der Waals surface area contributed by atoms with Crippen LogP contribution in [-0.4, -0.2) is 41.2 Å². The van der Waals surface area contributed by atoms with Gasteiger partial charge in [-0.3, -0.25) is 24.6 Å². The number of ether oxygens (including phenoxy) is 1. The molecule has 0 radical (unpaired) electrons. The maximum atomic E-state index is 12.4. The van der Waals surface area contributed by atoms with Gasteiger partial charge in [0, 0.05) is 19.3 Å². The molecule has 0 N–H and O–H groups in total. The molecule has 0 spiro atoms. The molecule has 1 aromatic carbocycles. The van der Waals surface area contributed by atoms with Gasteiger partial charge in [-0.15, -0.1) is 0 Å². The minimum atomic E-state index is -0.453. The van der Waals surface area contributed by atoms with Crippen molar-refractivity contribution in [3.8, 4) is 11.3 Å². The van der Waals surface area contributed by atoms with Gasteiger partial charge < -0.3 is 9.15 Å². The predicted molar refractivity (Wildman–Crippen MR) is 105 cm³/mol. The Balaban J connectivity index is 1.91. The van der Waals surface area contributed by atoms with E-state index in [9.17, 15) is 19.7 Å². The van der Waals surface area contributed by atoms with E-state index in [2.05, 4.69) is 0 Å². The molecule has 0 aliphatic carbocycles. The normalized spacial score (nSPS) is 15.7. The molecular weight excluding hydrogens is 384 g/mol. The number of aryl methyl sites for hydroxylation is 2. The van der Waals surface area contributed by atoms with Crippen LogP contribution in [-0.2, 0) is 9.53 Å². The first-order valence-electron chi connectivity index (χ1n) is 8.42. The van der Waals surface area contributed by atoms with Crippen LogP contribution in [0.2, 0.25) is 0 Å². The van der Waals surface area contributed by atoms with Gasteiger partial charge in [0.25, 0.3) is 16.8 Å². The fourth-order valence-corrected chi connectivity index (χ4v) is 3.57. The Morgan fingerprint density at radius 2 is 1.96 bits per heavy atom. The van der Waals surface area contributed by atoms with Crippen LogP contribution in [0.5, 0.6) is 0 Å². The molecule has 28 heavy (non-hydrogen) atoms. The third-order valence-electron chi connectivity index (χ3n) is 4.37. The van der Waals surface area contributed by atoms with E-state index in [1.54, 1.807) is 25.1 Å². The first-order valence-corrected chi connectivity index (χ1v) is 9.23. The fourth-order valence-electron chi connectivity index (χ4n) is 2.73. The summed E-state index contributed by atoms with van der Waals surface area (Å²) in [4.78, 5) is 36.6. The number of carbonyl (C=O) groups excluding carboxylic acids is 2. The van der Waals surface area contributed by atoms with E-state index in [-0.39, 0.29) is 29.0 Å². The van der Waals surface area contributed by atoms with E-state index in [0.717, 1.165) is 27.8 Å². The number of nitro groups is 1. The van der Waals surface area contributed by atoms with E-state index in [0.29, 0.717) is 17.1 Å². The highest BCUT2D eigenvalue weighted by atomic mass is 32.2. The molecule has 146 valence electrons. The largest absolute Gasteiger partial charge is 0.456 e. The number of methoxy groups -OCH3 is 1. The molecule has 2 amide bonds. The molecule has 9 heteroatoms. The van der Waals surface area contributed by atoms with Crippen LogP contribution in [0.3, 0.4) is 0 Å². The molecule has 1 aliphatic heterocycles. The molecule has 0 saturated carbocycles. The molecule has 0 atom stereocenters. The highest BCUT2D eigenvalue weighted by molar-refractivity contribution is 8.18. The molecule has 0 unspecified atom stereocenters. The second kappa shape index (κ2) is 7.99. The van der Waals surface area contributed by atoms with Crippen molar-refractivity contribution < 1.29 is 23.7 Å². The van der Waals surface area contributed by atoms with Crippen LogP contribution in [0.25, 0.3) is 17.4 Å². The lowest BCUT2D eigenvalue weighted by atomic mass is 10.0. The second-order valence-electron chi connectivity index (χ2n) is 6.24. The molecule has 1 fully saturated rings. The Hall–Kier alpha value is -2.91. The van der Waals surface area contributed by atoms with Gasteiger partial charge in [-0.1, -0.05) is 0 Å². The lowest BCUT2D eigenvalue weighted by Gasteiger charge is -2.10. The molecule has 0 bridgehead atoms. The van der Waals surface area contributed by atoms with Crippen LogP contribution in [0.15, 0.2) is 33.6 Å². The van der Waals surface area contributed by atoms with Crippen LogP contribution in [0, 0.1) is 24.0 Å². The fraction of sp³-hybridized carbons (Fsp3) is 0.263. The van der Waals surface area contributed by atoms with Gasteiger partial charge in [0.15, 0.2) is 0 Å². The van der Waals surface area contributed by atoms with Crippen molar-refractivity contribution in [2.75, 3.05) is 20.3 Å². The van der Waals surface area contributed by atoms with Gasteiger partial charge in [0.2, 0.25) is 0 Å². The number of nitro benzene ring substituents is 1. The van der Waals surface area contributed by atoms with Crippen molar-refractivity contribution in [2.45, 2.75) is 13.8 Å². The van der Waals surface area contributed by atoms with E-state index in [1.165, 1.54) is 19.3 Å². The van der Waals surface area contributed by atoms with E-state index < -0.39 is 10.8 Å². The van der Waals surface area contributed by atoms with Crippen LogP contribution >= 0.6 is 11.8 Å². The summed E-state index contributed by atoms with van der Waals surface area (Å²) in [5, 5.41) is 11.0. The van der Waals surface area contributed by atoms with Gasteiger partial charge in [-0.05, 0) is 54.9 Å². The summed E-state index contributed by atoms with van der Waals surface area (Å²) in [6.45, 7) is 4.10. The zero-order valence-electron chi connectivity index (χ0n) is 15.6.